The van der Waals surface area contributed by atoms with E-state index in [0.717, 1.165) is 37.3 Å². The van der Waals surface area contributed by atoms with Crippen molar-refractivity contribution in [1.29, 1.82) is 5.26 Å². The molecule has 1 aromatic rings. The van der Waals surface area contributed by atoms with Gasteiger partial charge < -0.3 is 5.32 Å². The summed E-state index contributed by atoms with van der Waals surface area (Å²) in [5.41, 5.74) is -2.25. The third kappa shape index (κ3) is 2.80. The number of amides is 1. The Morgan fingerprint density at radius 1 is 1.20 bits per heavy atom. The number of benzene rings is 1. The fourth-order valence-corrected chi connectivity index (χ4v) is 3.43. The second-order valence-corrected chi connectivity index (χ2v) is 6.77. The van der Waals surface area contributed by atoms with Gasteiger partial charge in [-0.15, -0.1) is 0 Å². The summed E-state index contributed by atoms with van der Waals surface area (Å²) in [7, 11) is 0. The van der Waals surface area contributed by atoms with E-state index in [1.165, 1.54) is 0 Å². The monoisotopic (exact) mass is 352 g/mol. The second kappa shape index (κ2) is 6.17. The molecule has 0 spiro atoms. The normalized spacial score (nSPS) is 25.1. The van der Waals surface area contributed by atoms with Gasteiger partial charge in [-0.05, 0) is 38.0 Å². The van der Waals surface area contributed by atoms with E-state index in [1.807, 2.05) is 5.32 Å². The average Bonchev–Trinajstić information content (AvgIpc) is 3.31. The van der Waals surface area contributed by atoms with Crippen LogP contribution in [0.2, 0.25) is 0 Å². The lowest BCUT2D eigenvalue weighted by atomic mass is 9.91. The lowest BCUT2D eigenvalue weighted by Crippen LogP contribution is -2.26. The van der Waals surface area contributed by atoms with Gasteiger partial charge in [0.2, 0.25) is 5.91 Å². The van der Waals surface area contributed by atoms with Gasteiger partial charge in [0, 0.05) is 0 Å². The van der Waals surface area contributed by atoms with Crippen LogP contribution in [0.5, 0.6) is 0 Å². The Morgan fingerprint density at radius 2 is 1.84 bits per heavy atom. The number of halogens is 4. The minimum Gasteiger partial charge on any atom is -0.321 e. The van der Waals surface area contributed by atoms with E-state index in [2.05, 4.69) is 6.08 Å². The first-order chi connectivity index (χ1) is 11.8. The Morgan fingerprint density at radius 3 is 2.36 bits per heavy atom. The van der Waals surface area contributed by atoms with E-state index in [0.29, 0.717) is 6.42 Å². The maximum atomic E-state index is 14.0. The van der Waals surface area contributed by atoms with Gasteiger partial charge in [0.25, 0.3) is 0 Å². The highest BCUT2D eigenvalue weighted by Gasteiger charge is 2.57. The van der Waals surface area contributed by atoms with Crippen LogP contribution < -0.4 is 5.32 Å². The molecule has 0 radical (unpaired) electrons. The quantitative estimate of drug-likeness (QED) is 0.492. The minimum atomic E-state index is -1.82. The molecule has 1 saturated carbocycles. The van der Waals surface area contributed by atoms with Crippen LogP contribution in [-0.2, 0) is 4.79 Å². The van der Waals surface area contributed by atoms with E-state index < -0.39 is 45.8 Å². The average molecular weight is 352 g/mol. The van der Waals surface area contributed by atoms with Crippen molar-refractivity contribution in [3.63, 3.8) is 0 Å². The summed E-state index contributed by atoms with van der Waals surface area (Å²) in [5, 5.41) is 10.6. The highest BCUT2D eigenvalue weighted by atomic mass is 19.2. The number of carbonyl (C=O) groups excluding carboxylic acids is 1. The number of carbonyl (C=O) groups is 1. The van der Waals surface area contributed by atoms with Gasteiger partial charge >= 0.3 is 0 Å². The molecule has 2 atom stereocenters. The summed E-state index contributed by atoms with van der Waals surface area (Å²) in [6, 6.07) is 1.07. The number of nitrogens with zero attached hydrogens (tertiary/aromatic N) is 1. The zero-order valence-corrected chi connectivity index (χ0v) is 13.6. The van der Waals surface area contributed by atoms with Crippen molar-refractivity contribution in [1.82, 2.24) is 0 Å². The third-order valence-electron chi connectivity index (χ3n) is 5.14. The molecule has 25 heavy (non-hydrogen) atoms. The molecule has 3 rings (SSSR count). The Balaban J connectivity index is 1.85. The highest BCUT2D eigenvalue weighted by molar-refractivity contribution is 5.98. The first kappa shape index (κ1) is 17.5. The van der Waals surface area contributed by atoms with Gasteiger partial charge in [-0.2, -0.15) is 5.26 Å². The predicted molar refractivity (Wildman–Crippen MR) is 82.4 cm³/mol. The van der Waals surface area contributed by atoms with Crippen molar-refractivity contribution in [2.24, 2.45) is 11.3 Å². The van der Waals surface area contributed by atoms with Crippen LogP contribution >= 0.6 is 0 Å². The third-order valence-corrected chi connectivity index (χ3v) is 5.14. The lowest BCUT2D eigenvalue weighted by Gasteiger charge is -2.17. The highest BCUT2D eigenvalue weighted by Crippen LogP contribution is 2.58. The summed E-state index contributed by atoms with van der Waals surface area (Å²) in [4.78, 5) is 12.4. The van der Waals surface area contributed by atoms with Crippen molar-refractivity contribution in [2.45, 2.75) is 39.0 Å². The van der Waals surface area contributed by atoms with Crippen LogP contribution in [0.4, 0.5) is 23.2 Å². The molecule has 0 aliphatic heterocycles. The van der Waals surface area contributed by atoms with Gasteiger partial charge in [-0.25, -0.2) is 17.6 Å². The molecular formula is C18H16F4N2O. The van der Waals surface area contributed by atoms with Crippen LogP contribution in [-0.4, -0.2) is 5.91 Å². The first-order valence-electron chi connectivity index (χ1n) is 8.07. The molecule has 0 heterocycles. The lowest BCUT2D eigenvalue weighted by molar-refractivity contribution is -0.121. The zero-order valence-electron chi connectivity index (χ0n) is 13.6. The summed E-state index contributed by atoms with van der Waals surface area (Å²) < 4.78 is 55.2. The molecule has 0 saturated heterocycles. The SMILES string of the molecule is C[C@]1(C(=O)Nc2c(F)c(F)c(C#N)c(F)c2F)C[C@H]1C1=CCCCC1. The van der Waals surface area contributed by atoms with E-state index in [1.54, 1.807) is 6.92 Å². The topological polar surface area (TPSA) is 52.9 Å². The Bertz CT molecular complexity index is 798. The number of hydrogen-bond acceptors (Lipinski definition) is 2. The summed E-state index contributed by atoms with van der Waals surface area (Å²) in [6.45, 7) is 1.66. The van der Waals surface area contributed by atoms with Crippen LogP contribution in [0.1, 0.15) is 44.6 Å². The number of nitriles is 1. The van der Waals surface area contributed by atoms with Crippen LogP contribution in [0.25, 0.3) is 0 Å². The molecule has 2 aliphatic carbocycles. The van der Waals surface area contributed by atoms with Crippen molar-refractivity contribution < 1.29 is 22.4 Å². The molecule has 1 fully saturated rings. The molecule has 2 aliphatic rings. The fraction of sp³-hybridized carbons (Fsp3) is 0.444. The van der Waals surface area contributed by atoms with Gasteiger partial charge in [0.1, 0.15) is 17.3 Å². The fourth-order valence-electron chi connectivity index (χ4n) is 3.43. The van der Waals surface area contributed by atoms with Gasteiger partial charge in [0.05, 0.1) is 5.41 Å². The number of rotatable bonds is 3. The van der Waals surface area contributed by atoms with Crippen molar-refractivity contribution in [2.75, 3.05) is 5.32 Å². The molecule has 0 bridgehead atoms. The molecule has 132 valence electrons. The molecule has 0 aromatic heterocycles. The molecule has 1 aromatic carbocycles. The van der Waals surface area contributed by atoms with Crippen LogP contribution in [0.15, 0.2) is 11.6 Å². The smallest absolute Gasteiger partial charge is 0.231 e. The Labute approximate surface area is 142 Å². The number of allylic oxidation sites excluding steroid dienone is 2. The Hall–Kier alpha value is -2.36. The number of anilines is 1. The van der Waals surface area contributed by atoms with Crippen LogP contribution in [0, 0.1) is 45.9 Å². The summed E-state index contributed by atoms with van der Waals surface area (Å²) in [5.74, 6) is -7.89. The van der Waals surface area contributed by atoms with Gasteiger partial charge in [-0.1, -0.05) is 18.6 Å². The molecule has 0 unspecified atom stereocenters. The standard InChI is InChI=1S/C18H16F4N2O/c1-18(7-11(18)9-5-3-2-4-6-9)17(25)24-16-14(21)12(19)10(8-23)13(20)15(16)22/h5,11H,2-4,6-7H2,1H3,(H,24,25)/t11-,18-/m0/s1. The van der Waals surface area contributed by atoms with Crippen LogP contribution in [0.3, 0.4) is 0 Å². The summed E-state index contributed by atoms with van der Waals surface area (Å²) in [6.07, 6.45) is 6.58. The van der Waals surface area contributed by atoms with E-state index in [9.17, 15) is 22.4 Å². The van der Waals surface area contributed by atoms with E-state index >= 15 is 0 Å². The van der Waals surface area contributed by atoms with Crippen molar-refractivity contribution in [3.05, 3.63) is 40.5 Å². The van der Waals surface area contributed by atoms with E-state index in [4.69, 9.17) is 5.26 Å². The summed E-state index contributed by atoms with van der Waals surface area (Å²) >= 11 is 0. The van der Waals surface area contributed by atoms with E-state index in [-0.39, 0.29) is 5.92 Å². The molecule has 1 amide bonds. The predicted octanol–water partition coefficient (Wildman–Crippen LogP) is 4.58. The maximum absolute atomic E-state index is 14.0. The molecular weight excluding hydrogens is 336 g/mol. The molecule has 3 nitrogen and oxygen atoms in total. The number of nitrogens with one attached hydrogen (secondary N) is 1. The van der Waals surface area contributed by atoms with Crippen molar-refractivity contribution in [3.8, 4) is 6.07 Å². The first-order valence-corrected chi connectivity index (χ1v) is 8.07. The second-order valence-electron chi connectivity index (χ2n) is 6.77. The maximum Gasteiger partial charge on any atom is 0.231 e. The van der Waals surface area contributed by atoms with Gasteiger partial charge in [0.15, 0.2) is 23.3 Å². The largest absolute Gasteiger partial charge is 0.321 e. The minimum absolute atomic E-state index is 0.0213. The number of hydrogen-bond donors (Lipinski definition) is 1. The zero-order chi connectivity index (χ0) is 18.4. The molecule has 1 N–H and O–H groups in total. The Kier molecular flexibility index (Phi) is 4.31. The van der Waals surface area contributed by atoms with Gasteiger partial charge in [-0.3, -0.25) is 4.79 Å². The van der Waals surface area contributed by atoms with Crippen molar-refractivity contribution >= 4 is 11.6 Å². The molecule has 7 heteroatoms.